The van der Waals surface area contributed by atoms with Crippen LogP contribution in [0.1, 0.15) is 5.56 Å². The van der Waals surface area contributed by atoms with E-state index in [0.717, 1.165) is 5.56 Å². The molecule has 4 nitrogen and oxygen atoms in total. The molecule has 0 aliphatic carbocycles. The number of hydroxylamine groups is 2. The summed E-state index contributed by atoms with van der Waals surface area (Å²) in [6.07, 6.45) is 0. The fourth-order valence-corrected chi connectivity index (χ4v) is 1.37. The predicted octanol–water partition coefficient (Wildman–Crippen LogP) is 0.427. The van der Waals surface area contributed by atoms with Gasteiger partial charge in [-0.05, 0) is 17.7 Å². The summed E-state index contributed by atoms with van der Waals surface area (Å²) < 4.78 is 12.6. The van der Waals surface area contributed by atoms with E-state index < -0.39 is 6.04 Å². The topological polar surface area (TPSA) is 55.6 Å². The first kappa shape index (κ1) is 10.1. The highest BCUT2D eigenvalue weighted by atomic mass is 19.1. The lowest BCUT2D eigenvalue weighted by Crippen LogP contribution is -2.34. The Morgan fingerprint density at radius 2 is 2.13 bits per heavy atom. The molecule has 0 bridgehead atoms. The molecule has 0 aromatic heterocycles. The van der Waals surface area contributed by atoms with Crippen molar-refractivity contribution in [3.05, 3.63) is 35.6 Å². The number of halogens is 1. The number of nitrogens with two attached hydrogens (primary N) is 1. The van der Waals surface area contributed by atoms with Gasteiger partial charge in [0.15, 0.2) is 0 Å². The molecule has 1 aromatic carbocycles. The fraction of sp³-hybridized carbons (Fsp3) is 0.300. The minimum Gasteiger partial charge on any atom is -0.318 e. The normalized spacial score (nSPS) is 21.1. The molecule has 1 aromatic rings. The molecule has 1 aliphatic heterocycles. The zero-order valence-corrected chi connectivity index (χ0v) is 8.02. The Balaban J connectivity index is 2.03. The molecule has 2 rings (SSSR count). The van der Waals surface area contributed by atoms with E-state index in [9.17, 15) is 9.18 Å². The maximum absolute atomic E-state index is 12.6. The van der Waals surface area contributed by atoms with Crippen LogP contribution in [0.4, 0.5) is 4.39 Å². The first-order chi connectivity index (χ1) is 7.16. The van der Waals surface area contributed by atoms with E-state index >= 15 is 0 Å². The maximum Gasteiger partial charge on any atom is 0.265 e. The lowest BCUT2D eigenvalue weighted by Gasteiger charge is -2.13. The lowest BCUT2D eigenvalue weighted by molar-refractivity contribution is -0.164. The molecule has 1 fully saturated rings. The highest BCUT2D eigenvalue weighted by Crippen LogP contribution is 2.12. The number of hydrogen-bond donors (Lipinski definition) is 1. The SMILES string of the molecule is N[C@@H]1CON(Cc2ccc(F)cc2)C1=O. The number of carbonyl (C=O) groups excluding carboxylic acids is 1. The van der Waals surface area contributed by atoms with E-state index in [-0.39, 0.29) is 18.3 Å². The molecule has 1 atom stereocenters. The van der Waals surface area contributed by atoms with E-state index in [4.69, 9.17) is 10.6 Å². The smallest absolute Gasteiger partial charge is 0.265 e. The molecule has 0 unspecified atom stereocenters. The van der Waals surface area contributed by atoms with Crippen LogP contribution in [0.2, 0.25) is 0 Å². The van der Waals surface area contributed by atoms with Crippen molar-refractivity contribution in [2.45, 2.75) is 12.6 Å². The Kier molecular flexibility index (Phi) is 2.66. The number of hydrogen-bond acceptors (Lipinski definition) is 3. The zero-order chi connectivity index (χ0) is 10.8. The van der Waals surface area contributed by atoms with Crippen LogP contribution in [0.5, 0.6) is 0 Å². The van der Waals surface area contributed by atoms with Gasteiger partial charge in [0.2, 0.25) is 0 Å². The van der Waals surface area contributed by atoms with Crippen LogP contribution in [0.15, 0.2) is 24.3 Å². The highest BCUT2D eigenvalue weighted by molar-refractivity contribution is 5.82. The summed E-state index contributed by atoms with van der Waals surface area (Å²) in [6, 6.07) is 5.32. The van der Waals surface area contributed by atoms with Crippen molar-refractivity contribution < 1.29 is 14.0 Å². The average Bonchev–Trinajstić information content (AvgIpc) is 2.53. The number of benzene rings is 1. The summed E-state index contributed by atoms with van der Waals surface area (Å²) in [5.74, 6) is -0.538. The number of rotatable bonds is 2. The van der Waals surface area contributed by atoms with Crippen LogP contribution < -0.4 is 5.73 Å². The molecule has 0 spiro atoms. The van der Waals surface area contributed by atoms with Crippen LogP contribution in [-0.4, -0.2) is 23.6 Å². The average molecular weight is 210 g/mol. The summed E-state index contributed by atoms with van der Waals surface area (Å²) in [5, 5.41) is 1.21. The molecule has 15 heavy (non-hydrogen) atoms. The second kappa shape index (κ2) is 3.96. The van der Waals surface area contributed by atoms with Gasteiger partial charge < -0.3 is 5.73 Å². The largest absolute Gasteiger partial charge is 0.318 e. The van der Waals surface area contributed by atoms with Gasteiger partial charge in [-0.15, -0.1) is 0 Å². The summed E-state index contributed by atoms with van der Waals surface area (Å²) in [4.78, 5) is 16.5. The van der Waals surface area contributed by atoms with Gasteiger partial charge in [-0.2, -0.15) is 0 Å². The summed E-state index contributed by atoms with van der Waals surface area (Å²) in [6.45, 7) is 0.507. The zero-order valence-electron chi connectivity index (χ0n) is 8.02. The molecule has 1 saturated heterocycles. The molecule has 2 N–H and O–H groups in total. The predicted molar refractivity (Wildman–Crippen MR) is 50.9 cm³/mol. The summed E-state index contributed by atoms with van der Waals surface area (Å²) in [7, 11) is 0. The Bertz CT molecular complexity index is 366. The van der Waals surface area contributed by atoms with Crippen molar-refractivity contribution in [1.29, 1.82) is 0 Å². The van der Waals surface area contributed by atoms with E-state index in [0.29, 0.717) is 6.54 Å². The quantitative estimate of drug-likeness (QED) is 0.770. The van der Waals surface area contributed by atoms with E-state index in [1.165, 1.54) is 17.2 Å². The Morgan fingerprint density at radius 3 is 2.67 bits per heavy atom. The molecule has 1 heterocycles. The van der Waals surface area contributed by atoms with Crippen LogP contribution in [0.25, 0.3) is 0 Å². The van der Waals surface area contributed by atoms with Crippen molar-refractivity contribution in [1.82, 2.24) is 5.06 Å². The van der Waals surface area contributed by atoms with Gasteiger partial charge in [0.1, 0.15) is 11.9 Å². The second-order valence-corrected chi connectivity index (χ2v) is 3.40. The van der Waals surface area contributed by atoms with Crippen LogP contribution in [-0.2, 0) is 16.2 Å². The molecular formula is C10H11FN2O2. The fourth-order valence-electron chi connectivity index (χ4n) is 1.37. The third kappa shape index (κ3) is 2.14. The van der Waals surface area contributed by atoms with Gasteiger partial charge in [0.25, 0.3) is 5.91 Å². The Hall–Kier alpha value is -1.46. The molecule has 1 aliphatic rings. The van der Waals surface area contributed by atoms with Gasteiger partial charge in [-0.1, -0.05) is 12.1 Å². The van der Waals surface area contributed by atoms with Gasteiger partial charge in [-0.25, -0.2) is 9.45 Å². The molecule has 0 saturated carbocycles. The molecular weight excluding hydrogens is 199 g/mol. The minimum atomic E-state index is -0.578. The second-order valence-electron chi connectivity index (χ2n) is 3.40. The molecule has 0 radical (unpaired) electrons. The van der Waals surface area contributed by atoms with Crippen LogP contribution >= 0.6 is 0 Å². The first-order valence-electron chi connectivity index (χ1n) is 4.61. The molecule has 1 amide bonds. The maximum atomic E-state index is 12.6. The lowest BCUT2D eigenvalue weighted by atomic mass is 10.2. The van der Waals surface area contributed by atoms with Crippen molar-refractivity contribution >= 4 is 5.91 Å². The third-order valence-corrected chi connectivity index (χ3v) is 2.21. The van der Waals surface area contributed by atoms with E-state index in [2.05, 4.69) is 0 Å². The van der Waals surface area contributed by atoms with Crippen molar-refractivity contribution in [2.24, 2.45) is 5.73 Å². The monoisotopic (exact) mass is 210 g/mol. The Morgan fingerprint density at radius 1 is 1.47 bits per heavy atom. The minimum absolute atomic E-state index is 0.208. The Labute approximate surface area is 86.4 Å². The van der Waals surface area contributed by atoms with E-state index in [1.54, 1.807) is 12.1 Å². The van der Waals surface area contributed by atoms with Gasteiger partial charge in [0.05, 0.1) is 13.2 Å². The van der Waals surface area contributed by atoms with Gasteiger partial charge in [-0.3, -0.25) is 9.63 Å². The molecule has 80 valence electrons. The van der Waals surface area contributed by atoms with Crippen molar-refractivity contribution in [3.8, 4) is 0 Å². The van der Waals surface area contributed by atoms with Gasteiger partial charge in [0, 0.05) is 0 Å². The summed E-state index contributed by atoms with van der Waals surface area (Å²) >= 11 is 0. The third-order valence-electron chi connectivity index (χ3n) is 2.21. The van der Waals surface area contributed by atoms with Crippen molar-refractivity contribution in [2.75, 3.05) is 6.61 Å². The standard InChI is InChI=1S/C10H11FN2O2/c11-8-3-1-7(2-4-8)5-13-10(14)9(12)6-15-13/h1-4,9H,5-6,12H2/t9-/m1/s1. The number of amides is 1. The first-order valence-corrected chi connectivity index (χ1v) is 4.61. The number of nitrogens with zero attached hydrogens (tertiary/aromatic N) is 1. The van der Waals surface area contributed by atoms with Crippen LogP contribution in [0.3, 0.4) is 0 Å². The van der Waals surface area contributed by atoms with E-state index in [1.807, 2.05) is 0 Å². The van der Waals surface area contributed by atoms with Crippen LogP contribution in [0, 0.1) is 5.82 Å². The highest BCUT2D eigenvalue weighted by Gasteiger charge is 2.29. The molecule has 5 heteroatoms. The van der Waals surface area contributed by atoms with Gasteiger partial charge >= 0.3 is 0 Å². The van der Waals surface area contributed by atoms with Crippen molar-refractivity contribution in [3.63, 3.8) is 0 Å². The summed E-state index contributed by atoms with van der Waals surface area (Å²) in [5.41, 5.74) is 6.27. The number of carbonyl (C=O) groups is 1.